The normalized spacial score (nSPS) is 9.47. The Morgan fingerprint density at radius 3 is 2.94 bits per heavy atom. The molecule has 0 unspecified atom stereocenters. The molecule has 0 fully saturated rings. The van der Waals surface area contributed by atoms with E-state index < -0.39 is 0 Å². The number of aromatic nitrogens is 1. The van der Waals surface area contributed by atoms with Crippen molar-refractivity contribution in [3.05, 3.63) is 46.9 Å². The first kappa shape index (κ1) is 13.9. The minimum absolute atomic E-state index is 0. The van der Waals surface area contributed by atoms with Crippen molar-refractivity contribution in [1.29, 1.82) is 0 Å². The summed E-state index contributed by atoms with van der Waals surface area (Å²) in [5.74, 6) is 0.795. The SMILES string of the molecule is COc1cccc(C(=O)C[n+]2ccsc2)c1.[Br-]. The molecule has 0 radical (unpaired) electrons. The van der Waals surface area contributed by atoms with Gasteiger partial charge in [-0.25, -0.2) is 0 Å². The minimum atomic E-state index is 0. The van der Waals surface area contributed by atoms with E-state index in [9.17, 15) is 4.79 Å². The van der Waals surface area contributed by atoms with Crippen LogP contribution in [0, 0.1) is 0 Å². The van der Waals surface area contributed by atoms with E-state index in [0.29, 0.717) is 17.9 Å². The average Bonchev–Trinajstić information content (AvgIpc) is 2.82. The molecule has 0 saturated carbocycles. The van der Waals surface area contributed by atoms with Crippen LogP contribution in [0.3, 0.4) is 0 Å². The number of hydrogen-bond acceptors (Lipinski definition) is 3. The molecule has 17 heavy (non-hydrogen) atoms. The van der Waals surface area contributed by atoms with Crippen LogP contribution >= 0.6 is 11.3 Å². The van der Waals surface area contributed by atoms with Crippen LogP contribution in [0.4, 0.5) is 0 Å². The minimum Gasteiger partial charge on any atom is -1.00 e. The molecule has 0 bridgehead atoms. The van der Waals surface area contributed by atoms with Gasteiger partial charge >= 0.3 is 0 Å². The molecule has 3 nitrogen and oxygen atoms in total. The van der Waals surface area contributed by atoms with Crippen LogP contribution in [0.1, 0.15) is 10.4 Å². The van der Waals surface area contributed by atoms with Crippen molar-refractivity contribution in [2.45, 2.75) is 6.54 Å². The molecule has 5 heteroatoms. The predicted octanol–water partition coefficient (Wildman–Crippen LogP) is -1.07. The number of halogens is 1. The Morgan fingerprint density at radius 1 is 1.47 bits per heavy atom. The van der Waals surface area contributed by atoms with Crippen molar-refractivity contribution in [2.75, 3.05) is 7.11 Å². The molecule has 1 aromatic carbocycles. The summed E-state index contributed by atoms with van der Waals surface area (Å²) in [7, 11) is 1.59. The van der Waals surface area contributed by atoms with Gasteiger partial charge in [0, 0.05) is 5.56 Å². The van der Waals surface area contributed by atoms with Gasteiger partial charge in [-0.2, -0.15) is 4.57 Å². The maximum absolute atomic E-state index is 11.9. The third kappa shape index (κ3) is 3.64. The molecular formula is C12H12BrNO2S. The van der Waals surface area contributed by atoms with Crippen molar-refractivity contribution in [3.63, 3.8) is 0 Å². The van der Waals surface area contributed by atoms with E-state index in [1.807, 2.05) is 33.8 Å². The van der Waals surface area contributed by atoms with Crippen LogP contribution < -0.4 is 26.3 Å². The van der Waals surface area contributed by atoms with Crippen molar-refractivity contribution >= 4 is 17.1 Å². The number of Topliss-reactive ketones (excluding diaryl/α,β-unsaturated/α-hetero) is 1. The van der Waals surface area contributed by atoms with Crippen LogP contribution in [0.15, 0.2) is 41.4 Å². The molecule has 0 atom stereocenters. The number of carbonyl (C=O) groups is 1. The van der Waals surface area contributed by atoms with Gasteiger partial charge in [0.1, 0.15) is 5.75 Å². The van der Waals surface area contributed by atoms with Crippen LogP contribution in [0.5, 0.6) is 5.75 Å². The highest BCUT2D eigenvalue weighted by atomic mass is 79.9. The Morgan fingerprint density at radius 2 is 2.29 bits per heavy atom. The lowest BCUT2D eigenvalue weighted by Crippen LogP contribution is -3.00. The monoisotopic (exact) mass is 313 g/mol. The summed E-state index contributed by atoms with van der Waals surface area (Å²) in [5.41, 5.74) is 2.59. The number of benzene rings is 1. The summed E-state index contributed by atoms with van der Waals surface area (Å²) >= 11 is 1.57. The molecule has 0 amide bonds. The zero-order valence-electron chi connectivity index (χ0n) is 9.30. The summed E-state index contributed by atoms with van der Waals surface area (Å²) in [6.07, 6.45) is 1.89. The van der Waals surface area contributed by atoms with Crippen molar-refractivity contribution in [1.82, 2.24) is 0 Å². The zero-order chi connectivity index (χ0) is 11.4. The van der Waals surface area contributed by atoms with Gasteiger partial charge in [0.05, 0.1) is 12.5 Å². The van der Waals surface area contributed by atoms with Gasteiger partial charge in [0.25, 0.3) is 0 Å². The number of rotatable bonds is 4. The summed E-state index contributed by atoms with van der Waals surface area (Å²) in [6.45, 7) is 0.372. The van der Waals surface area contributed by atoms with Crippen LogP contribution in [0.2, 0.25) is 0 Å². The summed E-state index contributed by atoms with van der Waals surface area (Å²) in [5, 5.41) is 1.94. The number of hydrogen-bond donors (Lipinski definition) is 0. The second kappa shape index (κ2) is 6.51. The van der Waals surface area contributed by atoms with Gasteiger partial charge < -0.3 is 21.7 Å². The van der Waals surface area contributed by atoms with Gasteiger partial charge in [0.15, 0.2) is 6.20 Å². The number of carbonyl (C=O) groups excluding carboxylic acids is 1. The first-order chi connectivity index (χ1) is 7.79. The van der Waals surface area contributed by atoms with Crippen molar-refractivity contribution in [3.8, 4) is 5.75 Å². The Balaban J connectivity index is 0.00000144. The molecule has 0 N–H and O–H groups in total. The van der Waals surface area contributed by atoms with Gasteiger partial charge in [-0.3, -0.25) is 4.79 Å². The van der Waals surface area contributed by atoms with Crippen molar-refractivity contribution < 1.29 is 31.1 Å². The maximum Gasteiger partial charge on any atom is 0.227 e. The predicted molar refractivity (Wildman–Crippen MR) is 61.8 cm³/mol. The van der Waals surface area contributed by atoms with E-state index in [2.05, 4.69) is 0 Å². The lowest BCUT2D eigenvalue weighted by atomic mass is 10.1. The fourth-order valence-corrected chi connectivity index (χ4v) is 2.00. The second-order valence-electron chi connectivity index (χ2n) is 3.35. The zero-order valence-corrected chi connectivity index (χ0v) is 11.7. The van der Waals surface area contributed by atoms with Gasteiger partial charge in [-0.15, -0.1) is 0 Å². The quantitative estimate of drug-likeness (QED) is 0.531. The van der Waals surface area contributed by atoms with E-state index in [0.717, 1.165) is 0 Å². The molecule has 0 aliphatic heterocycles. The molecule has 0 saturated heterocycles. The third-order valence-corrected chi connectivity index (χ3v) is 2.92. The Labute approximate surface area is 114 Å². The number of ether oxygens (including phenoxy) is 1. The summed E-state index contributed by atoms with van der Waals surface area (Å²) in [6, 6.07) is 7.21. The first-order valence-electron chi connectivity index (χ1n) is 4.88. The Kier molecular flexibility index (Phi) is 5.31. The Bertz CT molecular complexity index is 485. The third-order valence-electron chi connectivity index (χ3n) is 2.25. The van der Waals surface area contributed by atoms with Crippen LogP contribution in [0.25, 0.3) is 0 Å². The Hall–Kier alpha value is -1.20. The highest BCUT2D eigenvalue weighted by molar-refractivity contribution is 7.07. The van der Waals surface area contributed by atoms with Gasteiger partial charge in [-0.1, -0.05) is 23.5 Å². The van der Waals surface area contributed by atoms with E-state index >= 15 is 0 Å². The van der Waals surface area contributed by atoms with E-state index in [1.165, 1.54) is 0 Å². The average molecular weight is 314 g/mol. The number of thiazole rings is 1. The number of methoxy groups -OCH3 is 1. The summed E-state index contributed by atoms with van der Waals surface area (Å²) in [4.78, 5) is 11.9. The fraction of sp³-hybridized carbons (Fsp3) is 0.167. The van der Waals surface area contributed by atoms with Gasteiger partial charge in [-0.05, 0) is 12.1 Å². The molecule has 1 aromatic heterocycles. The standard InChI is InChI=1S/C12H12NO2S.BrH/c1-15-11-4-2-3-10(7-11)12(14)8-13-5-6-16-9-13;/h2-7,9H,8H2,1H3;1H/q+1;/p-1. The first-order valence-corrected chi connectivity index (χ1v) is 5.82. The number of nitrogens with zero attached hydrogens (tertiary/aromatic N) is 1. The smallest absolute Gasteiger partial charge is 0.227 e. The number of ketones is 1. The summed E-state index contributed by atoms with van der Waals surface area (Å²) < 4.78 is 6.95. The lowest BCUT2D eigenvalue weighted by Gasteiger charge is -2.01. The molecule has 0 spiro atoms. The van der Waals surface area contributed by atoms with Crippen LogP contribution in [-0.2, 0) is 6.54 Å². The maximum atomic E-state index is 11.9. The lowest BCUT2D eigenvalue weighted by molar-refractivity contribution is -0.678. The molecule has 0 aliphatic rings. The van der Waals surface area contributed by atoms with Gasteiger partial charge in [0.2, 0.25) is 17.8 Å². The van der Waals surface area contributed by atoms with E-state index in [4.69, 9.17) is 4.74 Å². The largest absolute Gasteiger partial charge is 1.00 e. The van der Waals surface area contributed by atoms with E-state index in [1.54, 1.807) is 30.6 Å². The highest BCUT2D eigenvalue weighted by Crippen LogP contribution is 2.12. The molecule has 2 aromatic rings. The van der Waals surface area contributed by atoms with Crippen LogP contribution in [-0.4, -0.2) is 12.9 Å². The molecule has 2 rings (SSSR count). The topological polar surface area (TPSA) is 30.2 Å². The molecule has 90 valence electrons. The van der Waals surface area contributed by atoms with E-state index in [-0.39, 0.29) is 22.8 Å². The highest BCUT2D eigenvalue weighted by Gasteiger charge is 2.12. The van der Waals surface area contributed by atoms with Crippen molar-refractivity contribution in [2.24, 2.45) is 0 Å². The second-order valence-corrected chi connectivity index (χ2v) is 4.11. The fourth-order valence-electron chi connectivity index (χ4n) is 1.41. The molecular weight excluding hydrogens is 302 g/mol. The molecule has 1 heterocycles. The molecule has 0 aliphatic carbocycles.